The van der Waals surface area contributed by atoms with E-state index in [0.717, 1.165) is 11.1 Å². The average molecular weight is 284 g/mol. The lowest BCUT2D eigenvalue weighted by Crippen LogP contribution is -2.28. The SMILES string of the molecule is Cc1cccc(-c2ncc(C(=O)NCC(C)C)c(N)n2)c1. The highest BCUT2D eigenvalue weighted by atomic mass is 16.1. The first-order chi connectivity index (χ1) is 9.97. The number of nitrogen functional groups attached to an aromatic ring is 1. The molecule has 2 rings (SSSR count). The first-order valence-electron chi connectivity index (χ1n) is 6.95. The van der Waals surface area contributed by atoms with Crippen LogP contribution in [0.4, 0.5) is 5.82 Å². The van der Waals surface area contributed by atoms with E-state index < -0.39 is 0 Å². The molecule has 0 atom stereocenters. The summed E-state index contributed by atoms with van der Waals surface area (Å²) in [5.41, 5.74) is 8.21. The predicted octanol–water partition coefficient (Wildman–Crippen LogP) is 2.42. The van der Waals surface area contributed by atoms with E-state index in [9.17, 15) is 4.79 Å². The molecule has 1 aromatic heterocycles. The number of hydrogen-bond donors (Lipinski definition) is 2. The van der Waals surface area contributed by atoms with Gasteiger partial charge in [0.2, 0.25) is 0 Å². The van der Waals surface area contributed by atoms with Gasteiger partial charge < -0.3 is 11.1 Å². The molecule has 0 spiro atoms. The van der Waals surface area contributed by atoms with Gasteiger partial charge in [0.25, 0.3) is 5.91 Å². The molecule has 0 aliphatic rings. The molecule has 0 unspecified atom stereocenters. The molecular weight excluding hydrogens is 264 g/mol. The number of nitrogens with one attached hydrogen (secondary N) is 1. The van der Waals surface area contributed by atoms with E-state index in [4.69, 9.17) is 5.73 Å². The summed E-state index contributed by atoms with van der Waals surface area (Å²) in [6.45, 7) is 6.65. The van der Waals surface area contributed by atoms with Gasteiger partial charge in [0, 0.05) is 18.3 Å². The molecule has 0 aliphatic carbocycles. The van der Waals surface area contributed by atoms with Crippen LogP contribution in [0.2, 0.25) is 0 Å². The van der Waals surface area contributed by atoms with Crippen molar-refractivity contribution in [2.75, 3.05) is 12.3 Å². The number of hydrogen-bond acceptors (Lipinski definition) is 4. The summed E-state index contributed by atoms with van der Waals surface area (Å²) < 4.78 is 0. The van der Waals surface area contributed by atoms with Crippen molar-refractivity contribution >= 4 is 11.7 Å². The highest BCUT2D eigenvalue weighted by Crippen LogP contribution is 2.18. The second-order valence-corrected chi connectivity index (χ2v) is 5.47. The zero-order valence-electron chi connectivity index (χ0n) is 12.6. The van der Waals surface area contributed by atoms with Gasteiger partial charge >= 0.3 is 0 Å². The molecule has 110 valence electrons. The molecule has 0 aliphatic heterocycles. The zero-order chi connectivity index (χ0) is 15.4. The Morgan fingerprint density at radius 3 is 2.76 bits per heavy atom. The van der Waals surface area contributed by atoms with Gasteiger partial charge in [-0.15, -0.1) is 0 Å². The molecule has 0 radical (unpaired) electrons. The monoisotopic (exact) mass is 284 g/mol. The number of anilines is 1. The lowest BCUT2D eigenvalue weighted by atomic mass is 10.1. The first-order valence-corrected chi connectivity index (χ1v) is 6.95. The molecule has 0 bridgehead atoms. The summed E-state index contributed by atoms with van der Waals surface area (Å²) in [6.07, 6.45) is 1.48. The fourth-order valence-corrected chi connectivity index (χ4v) is 1.89. The minimum Gasteiger partial charge on any atom is -0.383 e. The van der Waals surface area contributed by atoms with E-state index in [-0.39, 0.29) is 11.7 Å². The van der Waals surface area contributed by atoms with E-state index in [1.54, 1.807) is 0 Å². The maximum atomic E-state index is 12.0. The van der Waals surface area contributed by atoms with Crippen molar-refractivity contribution in [3.63, 3.8) is 0 Å². The Hall–Kier alpha value is -2.43. The van der Waals surface area contributed by atoms with Gasteiger partial charge in [-0.3, -0.25) is 4.79 Å². The Morgan fingerprint density at radius 2 is 2.14 bits per heavy atom. The van der Waals surface area contributed by atoms with Crippen molar-refractivity contribution < 1.29 is 4.79 Å². The number of nitrogens with zero attached hydrogens (tertiary/aromatic N) is 2. The summed E-state index contributed by atoms with van der Waals surface area (Å²) in [7, 11) is 0. The van der Waals surface area contributed by atoms with E-state index in [1.807, 2.05) is 45.0 Å². The van der Waals surface area contributed by atoms with Gasteiger partial charge in [-0.1, -0.05) is 37.6 Å². The third-order valence-electron chi connectivity index (χ3n) is 3.01. The molecule has 2 aromatic rings. The molecule has 1 aromatic carbocycles. The van der Waals surface area contributed by atoms with Gasteiger partial charge in [0.15, 0.2) is 5.82 Å². The first kappa shape index (κ1) is 15.0. The number of rotatable bonds is 4. The Kier molecular flexibility index (Phi) is 4.52. The fraction of sp³-hybridized carbons (Fsp3) is 0.312. The van der Waals surface area contributed by atoms with Crippen LogP contribution in [0.15, 0.2) is 30.5 Å². The van der Waals surface area contributed by atoms with Crippen molar-refractivity contribution in [2.45, 2.75) is 20.8 Å². The lowest BCUT2D eigenvalue weighted by molar-refractivity contribution is 0.0949. The zero-order valence-corrected chi connectivity index (χ0v) is 12.6. The number of amides is 1. The minimum atomic E-state index is -0.239. The van der Waals surface area contributed by atoms with Crippen LogP contribution in [0.25, 0.3) is 11.4 Å². The minimum absolute atomic E-state index is 0.197. The second kappa shape index (κ2) is 6.35. The molecule has 5 heteroatoms. The van der Waals surface area contributed by atoms with Crippen LogP contribution in [-0.2, 0) is 0 Å². The molecule has 0 saturated carbocycles. The summed E-state index contributed by atoms with van der Waals surface area (Å²) >= 11 is 0. The lowest BCUT2D eigenvalue weighted by Gasteiger charge is -2.09. The molecule has 5 nitrogen and oxygen atoms in total. The summed E-state index contributed by atoms with van der Waals surface area (Å²) in [5, 5.41) is 2.81. The maximum absolute atomic E-state index is 12.0. The van der Waals surface area contributed by atoms with Gasteiger partial charge in [-0.25, -0.2) is 9.97 Å². The van der Waals surface area contributed by atoms with Crippen LogP contribution in [0.1, 0.15) is 29.8 Å². The average Bonchev–Trinajstić information content (AvgIpc) is 2.44. The summed E-state index contributed by atoms with van der Waals surface area (Å²) in [4.78, 5) is 20.5. The van der Waals surface area contributed by atoms with E-state index in [2.05, 4.69) is 15.3 Å². The predicted molar refractivity (Wildman–Crippen MR) is 83.8 cm³/mol. The number of aromatic nitrogens is 2. The molecule has 21 heavy (non-hydrogen) atoms. The Bertz CT molecular complexity index is 652. The molecule has 1 amide bonds. The number of aryl methyl sites for hydroxylation is 1. The molecule has 0 saturated heterocycles. The second-order valence-electron chi connectivity index (χ2n) is 5.47. The third kappa shape index (κ3) is 3.78. The van der Waals surface area contributed by atoms with Crippen molar-refractivity contribution in [3.8, 4) is 11.4 Å². The quantitative estimate of drug-likeness (QED) is 0.903. The van der Waals surface area contributed by atoms with Crippen molar-refractivity contribution in [3.05, 3.63) is 41.6 Å². The van der Waals surface area contributed by atoms with Crippen LogP contribution in [-0.4, -0.2) is 22.4 Å². The Morgan fingerprint density at radius 1 is 1.38 bits per heavy atom. The Balaban J connectivity index is 2.23. The largest absolute Gasteiger partial charge is 0.383 e. The summed E-state index contributed by atoms with van der Waals surface area (Å²) in [6, 6.07) is 7.83. The van der Waals surface area contributed by atoms with E-state index >= 15 is 0 Å². The topological polar surface area (TPSA) is 80.9 Å². The standard InChI is InChI=1S/C16H20N4O/c1-10(2)8-19-16(21)13-9-18-15(20-14(13)17)12-6-4-5-11(3)7-12/h4-7,9-10H,8H2,1-3H3,(H,19,21)(H2,17,18,20). The molecule has 3 N–H and O–H groups in total. The molecule has 1 heterocycles. The van der Waals surface area contributed by atoms with E-state index in [0.29, 0.717) is 23.9 Å². The number of carbonyl (C=O) groups is 1. The normalized spacial score (nSPS) is 10.7. The van der Waals surface area contributed by atoms with E-state index in [1.165, 1.54) is 6.20 Å². The smallest absolute Gasteiger partial charge is 0.256 e. The van der Waals surface area contributed by atoms with Gasteiger partial charge in [-0.05, 0) is 18.9 Å². The number of carbonyl (C=O) groups excluding carboxylic acids is 1. The number of nitrogens with two attached hydrogens (primary N) is 1. The van der Waals surface area contributed by atoms with Crippen molar-refractivity contribution in [1.29, 1.82) is 0 Å². The van der Waals surface area contributed by atoms with Crippen LogP contribution < -0.4 is 11.1 Å². The van der Waals surface area contributed by atoms with Crippen LogP contribution in [0.3, 0.4) is 0 Å². The Labute approximate surface area is 124 Å². The van der Waals surface area contributed by atoms with Crippen LogP contribution >= 0.6 is 0 Å². The third-order valence-corrected chi connectivity index (χ3v) is 3.01. The van der Waals surface area contributed by atoms with Gasteiger partial charge in [0.1, 0.15) is 5.82 Å². The molecule has 0 fully saturated rings. The number of benzene rings is 1. The highest BCUT2D eigenvalue weighted by Gasteiger charge is 2.13. The highest BCUT2D eigenvalue weighted by molar-refractivity contribution is 5.98. The van der Waals surface area contributed by atoms with Crippen LogP contribution in [0, 0.1) is 12.8 Å². The van der Waals surface area contributed by atoms with Gasteiger partial charge in [-0.2, -0.15) is 0 Å². The van der Waals surface area contributed by atoms with Crippen molar-refractivity contribution in [2.24, 2.45) is 5.92 Å². The van der Waals surface area contributed by atoms with Gasteiger partial charge in [0.05, 0.1) is 5.56 Å². The maximum Gasteiger partial charge on any atom is 0.256 e. The fourth-order valence-electron chi connectivity index (χ4n) is 1.89. The van der Waals surface area contributed by atoms with Crippen LogP contribution in [0.5, 0.6) is 0 Å². The summed E-state index contributed by atoms with van der Waals surface area (Å²) in [5.74, 6) is 0.860. The van der Waals surface area contributed by atoms with Crippen molar-refractivity contribution in [1.82, 2.24) is 15.3 Å². The molecular formula is C16H20N4O.